The van der Waals surface area contributed by atoms with Gasteiger partial charge in [0.15, 0.2) is 6.23 Å². The molecule has 2 rings (SSSR count). The SMILES string of the molecule is CCc1cn([C@H]2O[C@H](CO)[C@@H](O)[C@@H]2O)c(=O)n(F)c1=O. The summed E-state index contributed by atoms with van der Waals surface area (Å²) >= 11 is 0. The second-order valence-corrected chi connectivity index (χ2v) is 4.51. The van der Waals surface area contributed by atoms with Crippen LogP contribution in [-0.4, -0.2) is 49.6 Å². The molecule has 112 valence electrons. The third-order valence-electron chi connectivity index (χ3n) is 3.31. The van der Waals surface area contributed by atoms with Crippen LogP contribution in [0.2, 0.25) is 0 Å². The largest absolute Gasteiger partial charge is 0.394 e. The Labute approximate surface area is 112 Å². The predicted octanol–water partition coefficient (Wildman–Crippen LogP) is -2.08. The molecule has 1 fully saturated rings. The van der Waals surface area contributed by atoms with E-state index in [-0.39, 0.29) is 12.0 Å². The first-order valence-corrected chi connectivity index (χ1v) is 6.08. The van der Waals surface area contributed by atoms with Gasteiger partial charge >= 0.3 is 5.69 Å². The van der Waals surface area contributed by atoms with Gasteiger partial charge in [0.25, 0.3) is 5.56 Å². The Bertz CT molecular complexity index is 612. The third-order valence-corrected chi connectivity index (χ3v) is 3.31. The van der Waals surface area contributed by atoms with Gasteiger partial charge in [0, 0.05) is 11.8 Å². The van der Waals surface area contributed by atoms with E-state index in [0.717, 1.165) is 6.20 Å². The standard InChI is InChI=1S/C11H15FN2O6/c1-2-5-3-13(11(19)14(12)9(5)18)10-8(17)7(16)6(4-15)20-10/h3,6-8,10,15-17H,2,4H2,1H3/t6-,7-,8+,10+/m1/s1. The Balaban J connectivity index is 2.51. The van der Waals surface area contributed by atoms with E-state index >= 15 is 0 Å². The lowest BCUT2D eigenvalue weighted by molar-refractivity contribution is -0.0566. The Morgan fingerprint density at radius 2 is 2.00 bits per heavy atom. The fourth-order valence-corrected chi connectivity index (χ4v) is 2.13. The van der Waals surface area contributed by atoms with E-state index in [4.69, 9.17) is 9.84 Å². The highest BCUT2D eigenvalue weighted by Gasteiger charge is 2.44. The van der Waals surface area contributed by atoms with Gasteiger partial charge in [-0.3, -0.25) is 9.36 Å². The summed E-state index contributed by atoms with van der Waals surface area (Å²) in [5.41, 5.74) is -2.37. The van der Waals surface area contributed by atoms with Gasteiger partial charge in [0.2, 0.25) is 0 Å². The molecule has 20 heavy (non-hydrogen) atoms. The molecule has 1 aromatic rings. The van der Waals surface area contributed by atoms with Crippen molar-refractivity contribution in [3.8, 4) is 0 Å². The topological polar surface area (TPSA) is 114 Å². The molecule has 9 heteroatoms. The molecule has 1 saturated heterocycles. The molecular weight excluding hydrogens is 275 g/mol. The molecule has 3 N–H and O–H groups in total. The van der Waals surface area contributed by atoms with Crippen LogP contribution in [0.25, 0.3) is 0 Å². The molecule has 4 atom stereocenters. The molecule has 0 bridgehead atoms. The Morgan fingerprint density at radius 1 is 1.35 bits per heavy atom. The lowest BCUT2D eigenvalue weighted by Gasteiger charge is -2.18. The van der Waals surface area contributed by atoms with Gasteiger partial charge in [-0.05, 0) is 6.42 Å². The van der Waals surface area contributed by atoms with Crippen molar-refractivity contribution >= 4 is 0 Å². The zero-order valence-electron chi connectivity index (χ0n) is 10.6. The number of halogens is 1. The van der Waals surface area contributed by atoms with Crippen molar-refractivity contribution in [1.82, 2.24) is 9.36 Å². The highest BCUT2D eigenvalue weighted by Crippen LogP contribution is 2.28. The molecule has 8 nitrogen and oxygen atoms in total. The average Bonchev–Trinajstić information content (AvgIpc) is 2.73. The molecular formula is C11H15FN2O6. The van der Waals surface area contributed by atoms with Crippen molar-refractivity contribution in [2.45, 2.75) is 37.9 Å². The lowest BCUT2D eigenvalue weighted by atomic mass is 10.1. The van der Waals surface area contributed by atoms with Gasteiger partial charge in [-0.15, -0.1) is 0 Å². The van der Waals surface area contributed by atoms with E-state index in [9.17, 15) is 24.3 Å². The number of nitrogens with zero attached hydrogens (tertiary/aromatic N) is 2. The summed E-state index contributed by atoms with van der Waals surface area (Å²) in [6, 6.07) is 0. The predicted molar refractivity (Wildman–Crippen MR) is 63.9 cm³/mol. The normalized spacial score (nSPS) is 29.9. The van der Waals surface area contributed by atoms with E-state index in [0.29, 0.717) is 4.57 Å². The van der Waals surface area contributed by atoms with E-state index in [1.165, 1.54) is 0 Å². The third kappa shape index (κ3) is 2.18. The number of aromatic nitrogens is 2. The Kier molecular flexibility index (Phi) is 4.04. The number of aryl methyl sites for hydroxylation is 1. The van der Waals surface area contributed by atoms with Crippen LogP contribution in [0, 0.1) is 0 Å². The summed E-state index contributed by atoms with van der Waals surface area (Å²) in [6.07, 6.45) is -4.14. The van der Waals surface area contributed by atoms with Crippen LogP contribution in [0.1, 0.15) is 18.7 Å². The van der Waals surface area contributed by atoms with Crippen LogP contribution in [0.15, 0.2) is 15.8 Å². The molecule has 0 amide bonds. The molecule has 1 aromatic heterocycles. The summed E-state index contributed by atoms with van der Waals surface area (Å²) in [6.45, 7) is 1.03. The minimum atomic E-state index is -1.52. The second-order valence-electron chi connectivity index (χ2n) is 4.51. The molecule has 0 unspecified atom stereocenters. The molecule has 0 spiro atoms. The minimum absolute atomic E-state index is 0.0184. The Morgan fingerprint density at radius 3 is 2.50 bits per heavy atom. The minimum Gasteiger partial charge on any atom is -0.394 e. The van der Waals surface area contributed by atoms with Crippen LogP contribution in [0.3, 0.4) is 0 Å². The van der Waals surface area contributed by atoms with Gasteiger partial charge in [-0.25, -0.2) is 4.79 Å². The van der Waals surface area contributed by atoms with Crippen LogP contribution >= 0.6 is 0 Å². The van der Waals surface area contributed by atoms with Crippen molar-refractivity contribution in [2.75, 3.05) is 6.61 Å². The van der Waals surface area contributed by atoms with Crippen molar-refractivity contribution < 1.29 is 24.5 Å². The first-order chi connectivity index (χ1) is 9.42. The number of hydrogen-bond donors (Lipinski definition) is 3. The van der Waals surface area contributed by atoms with Gasteiger partial charge in [0.1, 0.15) is 18.3 Å². The molecule has 0 saturated carbocycles. The van der Waals surface area contributed by atoms with Crippen LogP contribution in [0.5, 0.6) is 0 Å². The number of aliphatic hydroxyl groups excluding tert-OH is 3. The van der Waals surface area contributed by atoms with Gasteiger partial charge < -0.3 is 20.1 Å². The smallest absolute Gasteiger partial charge is 0.362 e. The molecule has 0 aromatic carbocycles. The maximum atomic E-state index is 13.5. The van der Waals surface area contributed by atoms with Gasteiger partial charge in [-0.1, -0.05) is 16.2 Å². The number of aliphatic hydroxyl groups is 3. The second kappa shape index (κ2) is 5.44. The number of rotatable bonds is 3. The van der Waals surface area contributed by atoms with Gasteiger partial charge in [0.05, 0.1) is 6.61 Å². The van der Waals surface area contributed by atoms with E-state index in [1.54, 1.807) is 6.92 Å². The average molecular weight is 290 g/mol. The quantitative estimate of drug-likeness (QED) is 0.588. The Hall–Kier alpha value is -1.55. The molecule has 2 heterocycles. The maximum absolute atomic E-state index is 13.5. The van der Waals surface area contributed by atoms with E-state index < -0.39 is 47.2 Å². The van der Waals surface area contributed by atoms with Crippen LogP contribution < -0.4 is 11.2 Å². The molecule has 0 radical (unpaired) electrons. The maximum Gasteiger partial charge on any atom is 0.362 e. The lowest BCUT2D eigenvalue weighted by Crippen LogP contribution is -2.42. The zero-order valence-corrected chi connectivity index (χ0v) is 10.6. The van der Waals surface area contributed by atoms with Crippen molar-refractivity contribution in [3.63, 3.8) is 0 Å². The zero-order chi connectivity index (χ0) is 15.0. The van der Waals surface area contributed by atoms with E-state index in [1.807, 2.05) is 0 Å². The summed E-state index contributed by atoms with van der Waals surface area (Å²) in [4.78, 5) is 22.6. The number of hydrogen-bond acceptors (Lipinski definition) is 6. The first-order valence-electron chi connectivity index (χ1n) is 6.08. The number of ether oxygens (including phenoxy) is 1. The first kappa shape index (κ1) is 14.9. The van der Waals surface area contributed by atoms with Crippen molar-refractivity contribution in [1.29, 1.82) is 0 Å². The highest BCUT2D eigenvalue weighted by molar-refractivity contribution is 5.06. The molecule has 0 aliphatic carbocycles. The summed E-state index contributed by atoms with van der Waals surface area (Å²) < 4.78 is 19.3. The highest BCUT2D eigenvalue weighted by atomic mass is 19.2. The van der Waals surface area contributed by atoms with Crippen LogP contribution in [-0.2, 0) is 11.2 Å². The van der Waals surface area contributed by atoms with E-state index in [2.05, 4.69) is 0 Å². The van der Waals surface area contributed by atoms with Crippen LogP contribution in [0.4, 0.5) is 4.48 Å². The van der Waals surface area contributed by atoms with Gasteiger partial charge in [-0.2, -0.15) is 0 Å². The molecule has 1 aliphatic rings. The fourth-order valence-electron chi connectivity index (χ4n) is 2.13. The summed E-state index contributed by atoms with van der Waals surface area (Å²) in [7, 11) is 0. The van der Waals surface area contributed by atoms with Crippen molar-refractivity contribution in [2.24, 2.45) is 0 Å². The monoisotopic (exact) mass is 290 g/mol. The summed E-state index contributed by atoms with van der Waals surface area (Å²) in [5, 5.41) is 28.4. The summed E-state index contributed by atoms with van der Waals surface area (Å²) in [5.74, 6) is 0. The fraction of sp³-hybridized carbons (Fsp3) is 0.636. The molecule has 1 aliphatic heterocycles. The van der Waals surface area contributed by atoms with Crippen molar-refractivity contribution in [3.05, 3.63) is 32.6 Å².